The van der Waals surface area contributed by atoms with Crippen LogP contribution in [0.4, 0.5) is 9.80 Å². The van der Waals surface area contributed by atoms with Gasteiger partial charge in [-0.15, -0.1) is 0 Å². The van der Waals surface area contributed by atoms with Crippen LogP contribution in [-0.2, 0) is 0 Å². The van der Waals surface area contributed by atoms with Gasteiger partial charge in [-0.2, -0.15) is 4.37 Å². The first-order valence-electron chi connectivity index (χ1n) is 6.18. The summed E-state index contributed by atoms with van der Waals surface area (Å²) < 4.78 is 3.96. The van der Waals surface area contributed by atoms with E-state index >= 15 is 0 Å². The molecule has 1 aliphatic carbocycles. The summed E-state index contributed by atoms with van der Waals surface area (Å²) in [6, 6.07) is 1.86. The molecule has 5 nitrogen and oxygen atoms in total. The molecular formula is C12H17N3O2S. The van der Waals surface area contributed by atoms with Crippen LogP contribution in [0, 0.1) is 11.3 Å². The van der Waals surface area contributed by atoms with Crippen molar-refractivity contribution in [2.45, 2.75) is 32.4 Å². The van der Waals surface area contributed by atoms with Crippen LogP contribution in [-0.4, -0.2) is 39.1 Å². The fraction of sp³-hybridized carbons (Fsp3) is 0.667. The quantitative estimate of drug-likeness (QED) is 0.815. The predicted octanol–water partition coefficient (Wildman–Crippen LogP) is 1.77. The Bertz CT molecular complexity index is 460. The predicted molar refractivity (Wildman–Crippen MR) is 69.5 cm³/mol. The topological polar surface area (TPSA) is 65.5 Å². The monoisotopic (exact) mass is 267 g/mol. The number of hydrogen-bond donors (Lipinski definition) is 2. The van der Waals surface area contributed by atoms with Gasteiger partial charge in [0.05, 0.1) is 6.10 Å². The van der Waals surface area contributed by atoms with Crippen molar-refractivity contribution in [1.82, 2.24) is 9.27 Å². The first-order chi connectivity index (χ1) is 8.51. The number of amides is 2. The molecular weight excluding hydrogens is 250 g/mol. The molecule has 2 aliphatic rings. The van der Waals surface area contributed by atoms with E-state index in [1.165, 1.54) is 11.5 Å². The van der Waals surface area contributed by atoms with Gasteiger partial charge in [0.15, 0.2) is 0 Å². The Morgan fingerprint density at radius 3 is 3.11 bits per heavy atom. The van der Waals surface area contributed by atoms with Crippen LogP contribution in [0.5, 0.6) is 0 Å². The molecule has 0 unspecified atom stereocenters. The van der Waals surface area contributed by atoms with Crippen LogP contribution < -0.4 is 5.32 Å². The van der Waals surface area contributed by atoms with Crippen molar-refractivity contribution < 1.29 is 9.90 Å². The zero-order chi connectivity index (χ0) is 12.9. The average molecular weight is 267 g/mol. The third-order valence-electron chi connectivity index (χ3n) is 4.30. The summed E-state index contributed by atoms with van der Waals surface area (Å²) in [5.74, 6) is 0.243. The summed E-state index contributed by atoms with van der Waals surface area (Å²) in [7, 11) is 0. The van der Waals surface area contributed by atoms with E-state index in [0.717, 1.165) is 18.0 Å². The van der Waals surface area contributed by atoms with Gasteiger partial charge in [-0.05, 0) is 24.0 Å². The molecule has 1 saturated heterocycles. The summed E-state index contributed by atoms with van der Waals surface area (Å²) in [5.41, 5.74) is -0.202. The zero-order valence-corrected chi connectivity index (χ0v) is 11.3. The second-order valence-electron chi connectivity index (χ2n) is 5.66. The lowest BCUT2D eigenvalue weighted by Crippen LogP contribution is -2.65. The van der Waals surface area contributed by atoms with E-state index in [9.17, 15) is 9.90 Å². The van der Waals surface area contributed by atoms with Crippen molar-refractivity contribution in [3.05, 3.63) is 12.3 Å². The molecule has 1 aromatic heterocycles. The van der Waals surface area contributed by atoms with Gasteiger partial charge >= 0.3 is 6.03 Å². The number of nitrogens with one attached hydrogen (secondary N) is 1. The molecule has 0 spiro atoms. The fourth-order valence-electron chi connectivity index (χ4n) is 3.39. The third kappa shape index (κ3) is 1.55. The standard InChI is InChI=1S/C12H17N3O2S/c1-12(2)9-7(10(12)16)4-6-15(9)11(17)14-8-3-5-13-18-8/h3,5,7,9-10,16H,4,6H2,1-2H3,(H,14,17)/t7-,9+,10+/m1/s1. The number of nitrogens with zero attached hydrogens (tertiary/aromatic N) is 2. The Morgan fingerprint density at radius 1 is 1.67 bits per heavy atom. The van der Waals surface area contributed by atoms with Crippen molar-refractivity contribution >= 4 is 22.6 Å². The smallest absolute Gasteiger partial charge is 0.322 e. The maximum absolute atomic E-state index is 12.2. The van der Waals surface area contributed by atoms with Gasteiger partial charge in [0.25, 0.3) is 0 Å². The Hall–Kier alpha value is -1.14. The number of rotatable bonds is 1. The number of aliphatic hydroxyl groups is 1. The second kappa shape index (κ2) is 3.93. The van der Waals surface area contributed by atoms with Gasteiger partial charge in [0.2, 0.25) is 0 Å². The van der Waals surface area contributed by atoms with Gasteiger partial charge in [0, 0.05) is 30.1 Å². The van der Waals surface area contributed by atoms with Crippen molar-refractivity contribution in [2.24, 2.45) is 11.3 Å². The highest BCUT2D eigenvalue weighted by Crippen LogP contribution is 2.53. The molecule has 0 aromatic carbocycles. The maximum atomic E-state index is 12.2. The average Bonchev–Trinajstić information content (AvgIpc) is 2.95. The number of aromatic nitrogens is 1. The number of carbonyl (C=O) groups excluding carboxylic acids is 1. The zero-order valence-electron chi connectivity index (χ0n) is 10.5. The number of fused-ring (bicyclic) bond motifs is 1. The molecule has 3 rings (SSSR count). The van der Waals surface area contributed by atoms with E-state index in [2.05, 4.69) is 9.69 Å². The normalized spacial score (nSPS) is 32.8. The van der Waals surface area contributed by atoms with Crippen LogP contribution in [0.2, 0.25) is 0 Å². The molecule has 2 N–H and O–H groups in total. The molecule has 1 saturated carbocycles. The number of urea groups is 1. The van der Waals surface area contributed by atoms with Crippen molar-refractivity contribution in [2.75, 3.05) is 11.9 Å². The minimum Gasteiger partial charge on any atom is -0.392 e. The third-order valence-corrected chi connectivity index (χ3v) is 4.97. The largest absolute Gasteiger partial charge is 0.392 e. The molecule has 2 fully saturated rings. The molecule has 0 bridgehead atoms. The van der Waals surface area contributed by atoms with E-state index in [1.807, 2.05) is 18.7 Å². The number of aliphatic hydroxyl groups excluding tert-OH is 1. The first kappa shape index (κ1) is 11.9. The van der Waals surface area contributed by atoms with E-state index in [-0.39, 0.29) is 29.5 Å². The Kier molecular flexibility index (Phi) is 2.60. The Morgan fingerprint density at radius 2 is 2.44 bits per heavy atom. The molecule has 2 amide bonds. The lowest BCUT2D eigenvalue weighted by atomic mass is 9.58. The van der Waals surface area contributed by atoms with Crippen LogP contribution >= 0.6 is 11.5 Å². The molecule has 1 aliphatic heterocycles. The summed E-state index contributed by atoms with van der Waals surface area (Å²) in [6.07, 6.45) is 2.28. The maximum Gasteiger partial charge on any atom is 0.322 e. The van der Waals surface area contributed by atoms with Crippen molar-refractivity contribution in [3.8, 4) is 0 Å². The highest BCUT2D eigenvalue weighted by Gasteiger charge is 2.61. The summed E-state index contributed by atoms with van der Waals surface area (Å²) in [5, 5.41) is 13.7. The van der Waals surface area contributed by atoms with Crippen LogP contribution in [0.3, 0.4) is 0 Å². The summed E-state index contributed by atoms with van der Waals surface area (Å²) in [4.78, 5) is 14.1. The van der Waals surface area contributed by atoms with Gasteiger partial charge in [-0.3, -0.25) is 5.32 Å². The Balaban J connectivity index is 1.72. The molecule has 2 heterocycles. The molecule has 1 aromatic rings. The van der Waals surface area contributed by atoms with E-state index in [1.54, 1.807) is 12.3 Å². The highest BCUT2D eigenvalue weighted by molar-refractivity contribution is 7.10. The van der Waals surface area contributed by atoms with Gasteiger partial charge in [0.1, 0.15) is 5.00 Å². The first-order valence-corrected chi connectivity index (χ1v) is 6.95. The fourth-order valence-corrected chi connectivity index (χ4v) is 3.88. The van der Waals surface area contributed by atoms with Crippen molar-refractivity contribution in [3.63, 3.8) is 0 Å². The van der Waals surface area contributed by atoms with Crippen LogP contribution in [0.25, 0.3) is 0 Å². The lowest BCUT2D eigenvalue weighted by Gasteiger charge is -2.55. The number of carbonyl (C=O) groups is 1. The molecule has 0 radical (unpaired) electrons. The number of likely N-dealkylation sites (tertiary alicyclic amines) is 1. The van der Waals surface area contributed by atoms with E-state index in [0.29, 0.717) is 0 Å². The van der Waals surface area contributed by atoms with Crippen LogP contribution in [0.15, 0.2) is 12.3 Å². The minimum absolute atomic E-state index is 0.0771. The summed E-state index contributed by atoms with van der Waals surface area (Å²) >= 11 is 1.27. The van der Waals surface area contributed by atoms with Gasteiger partial charge in [-0.1, -0.05) is 13.8 Å². The van der Waals surface area contributed by atoms with E-state index in [4.69, 9.17) is 0 Å². The molecule has 3 atom stereocenters. The van der Waals surface area contributed by atoms with E-state index < -0.39 is 0 Å². The van der Waals surface area contributed by atoms with Gasteiger partial charge in [-0.25, -0.2) is 4.79 Å². The Labute approximate surface area is 110 Å². The number of anilines is 1. The molecule has 6 heteroatoms. The van der Waals surface area contributed by atoms with Crippen LogP contribution in [0.1, 0.15) is 20.3 Å². The molecule has 98 valence electrons. The SMILES string of the molecule is CC1(C)[C@@H]2[C@@H](CCN2C(=O)Nc2ccns2)[C@@H]1O. The minimum atomic E-state index is -0.288. The van der Waals surface area contributed by atoms with Gasteiger partial charge < -0.3 is 10.0 Å². The summed E-state index contributed by atoms with van der Waals surface area (Å²) in [6.45, 7) is 4.77. The lowest BCUT2D eigenvalue weighted by molar-refractivity contribution is -0.134. The second-order valence-corrected chi connectivity index (χ2v) is 6.50. The molecule has 18 heavy (non-hydrogen) atoms. The highest BCUT2D eigenvalue weighted by atomic mass is 32.1. The van der Waals surface area contributed by atoms with Crippen molar-refractivity contribution in [1.29, 1.82) is 0 Å². The number of hydrogen-bond acceptors (Lipinski definition) is 4.